The number of benzene rings is 1. The summed E-state index contributed by atoms with van der Waals surface area (Å²) in [5.41, 5.74) is 2.08. The van der Waals surface area contributed by atoms with Gasteiger partial charge < -0.3 is 13.8 Å². The van der Waals surface area contributed by atoms with Crippen molar-refractivity contribution in [1.82, 2.24) is 10.1 Å². The molecule has 1 N–H and O–H groups in total. The van der Waals surface area contributed by atoms with Gasteiger partial charge in [-0.25, -0.2) is 4.98 Å². The van der Waals surface area contributed by atoms with Crippen molar-refractivity contribution in [2.45, 2.75) is 31.8 Å². The number of piperidine rings is 1. The summed E-state index contributed by atoms with van der Waals surface area (Å²) in [6.07, 6.45) is 5.34. The van der Waals surface area contributed by atoms with Crippen molar-refractivity contribution in [3.8, 4) is 11.5 Å². The number of hydrogen-bond acceptors (Lipinski definition) is 5. The lowest BCUT2D eigenvalue weighted by atomic mass is 10.0. The predicted molar refractivity (Wildman–Crippen MR) is 100.0 cm³/mol. The van der Waals surface area contributed by atoms with Gasteiger partial charge >= 0.3 is 0 Å². The molecule has 1 aromatic carbocycles. The lowest BCUT2D eigenvalue weighted by Crippen LogP contribution is -3.11. The van der Waals surface area contributed by atoms with Crippen LogP contribution in [0.3, 0.4) is 0 Å². The van der Waals surface area contributed by atoms with Crippen LogP contribution in [0.25, 0.3) is 21.7 Å². The Morgan fingerprint density at radius 1 is 1.12 bits per heavy atom. The number of aromatic nitrogens is 2. The van der Waals surface area contributed by atoms with Crippen LogP contribution < -0.4 is 4.90 Å². The smallest absolute Gasteiger partial charge is 0.202 e. The third-order valence-electron chi connectivity index (χ3n) is 5.07. The first-order valence-electron chi connectivity index (χ1n) is 9.06. The lowest BCUT2D eigenvalue weighted by Gasteiger charge is -2.30. The maximum absolute atomic E-state index is 5.47. The van der Waals surface area contributed by atoms with E-state index in [-0.39, 0.29) is 0 Å². The fraction of sp³-hybridized carbons (Fsp3) is 0.300. The van der Waals surface area contributed by atoms with Crippen LogP contribution in [-0.2, 0) is 6.54 Å². The Bertz CT molecular complexity index is 972. The van der Waals surface area contributed by atoms with E-state index in [9.17, 15) is 0 Å². The molecule has 0 spiro atoms. The summed E-state index contributed by atoms with van der Waals surface area (Å²) in [5.74, 6) is 1.41. The normalized spacial score (nSPS) is 20.6. The average Bonchev–Trinajstić information content (AvgIpc) is 3.42. The van der Waals surface area contributed by atoms with Gasteiger partial charge in [0.1, 0.15) is 18.3 Å². The van der Waals surface area contributed by atoms with E-state index in [0.29, 0.717) is 11.8 Å². The molecular weight excluding hydrogens is 346 g/mol. The van der Waals surface area contributed by atoms with Gasteiger partial charge in [-0.15, -0.1) is 11.3 Å². The summed E-state index contributed by atoms with van der Waals surface area (Å²) < 4.78 is 12.1. The molecule has 1 saturated heterocycles. The zero-order valence-electron chi connectivity index (χ0n) is 14.4. The molecule has 132 valence electrons. The van der Waals surface area contributed by atoms with Crippen LogP contribution in [0.1, 0.15) is 36.0 Å². The van der Waals surface area contributed by atoms with Gasteiger partial charge in [0.25, 0.3) is 0 Å². The third kappa shape index (κ3) is 2.95. The van der Waals surface area contributed by atoms with Gasteiger partial charge in [-0.3, -0.25) is 0 Å². The van der Waals surface area contributed by atoms with Crippen molar-refractivity contribution < 1.29 is 13.8 Å². The fourth-order valence-electron chi connectivity index (χ4n) is 3.79. The Balaban J connectivity index is 1.39. The third-order valence-corrected chi connectivity index (χ3v) is 6.22. The molecule has 5 nitrogen and oxygen atoms in total. The van der Waals surface area contributed by atoms with Crippen LogP contribution in [0.2, 0.25) is 0 Å². The monoisotopic (exact) mass is 366 g/mol. The lowest BCUT2D eigenvalue weighted by molar-refractivity contribution is -0.950. The Hall–Kier alpha value is -2.44. The highest BCUT2D eigenvalue weighted by Crippen LogP contribution is 2.29. The van der Waals surface area contributed by atoms with Gasteiger partial charge in [-0.2, -0.15) is 0 Å². The summed E-state index contributed by atoms with van der Waals surface area (Å²) >= 11 is 1.83. The summed E-state index contributed by atoms with van der Waals surface area (Å²) in [5, 5.41) is 5.51. The number of rotatable bonds is 4. The van der Waals surface area contributed by atoms with Gasteiger partial charge in [0.15, 0.2) is 10.8 Å². The molecule has 5 rings (SSSR count). The van der Waals surface area contributed by atoms with Gasteiger partial charge in [-0.05, 0) is 37.1 Å². The number of para-hydroxylation sites is 1. The zero-order valence-corrected chi connectivity index (χ0v) is 15.2. The molecule has 26 heavy (non-hydrogen) atoms. The Morgan fingerprint density at radius 2 is 2.08 bits per heavy atom. The molecule has 2 atom stereocenters. The number of quaternary nitrogens is 1. The minimum atomic E-state index is 0.435. The maximum atomic E-state index is 5.47. The van der Waals surface area contributed by atoms with E-state index in [4.69, 9.17) is 13.9 Å². The highest BCUT2D eigenvalue weighted by molar-refractivity contribution is 7.18. The highest BCUT2D eigenvalue weighted by Gasteiger charge is 2.31. The second-order valence-electron chi connectivity index (χ2n) is 6.81. The van der Waals surface area contributed by atoms with E-state index in [1.165, 1.54) is 33.9 Å². The van der Waals surface area contributed by atoms with E-state index in [2.05, 4.69) is 29.4 Å². The van der Waals surface area contributed by atoms with Crippen molar-refractivity contribution in [3.63, 3.8) is 0 Å². The van der Waals surface area contributed by atoms with Crippen LogP contribution in [0.15, 0.2) is 57.7 Å². The number of fused-ring (bicyclic) bond motifs is 1. The Morgan fingerprint density at radius 3 is 2.96 bits per heavy atom. The van der Waals surface area contributed by atoms with Crippen LogP contribution in [0.5, 0.6) is 0 Å². The van der Waals surface area contributed by atoms with E-state index >= 15 is 0 Å². The number of nitrogens with zero attached hydrogens (tertiary/aromatic N) is 2. The van der Waals surface area contributed by atoms with Gasteiger partial charge in [0.05, 0.1) is 23.0 Å². The summed E-state index contributed by atoms with van der Waals surface area (Å²) in [7, 11) is 0. The SMILES string of the molecule is c1coc(-c2cc(C[NH+]3CCCC[C@H]3c3nc4ccccc4s3)no2)c1. The molecule has 3 aromatic heterocycles. The van der Waals surface area contributed by atoms with Crippen LogP contribution in [0, 0.1) is 0 Å². The number of thiazole rings is 1. The van der Waals surface area contributed by atoms with Crippen molar-refractivity contribution in [1.29, 1.82) is 0 Å². The van der Waals surface area contributed by atoms with E-state index < -0.39 is 0 Å². The maximum Gasteiger partial charge on any atom is 0.202 e. The molecule has 0 aliphatic carbocycles. The van der Waals surface area contributed by atoms with E-state index in [0.717, 1.165) is 30.1 Å². The van der Waals surface area contributed by atoms with Crippen molar-refractivity contribution >= 4 is 21.6 Å². The summed E-state index contributed by atoms with van der Waals surface area (Å²) in [6, 6.07) is 14.6. The number of likely N-dealkylation sites (tertiary alicyclic amines) is 1. The second-order valence-corrected chi connectivity index (χ2v) is 7.88. The Kier molecular flexibility index (Phi) is 4.07. The first-order chi connectivity index (χ1) is 12.9. The van der Waals surface area contributed by atoms with Crippen molar-refractivity contribution in [2.24, 2.45) is 0 Å². The molecule has 0 radical (unpaired) electrons. The molecule has 4 aromatic rings. The van der Waals surface area contributed by atoms with Crippen molar-refractivity contribution in [3.05, 3.63) is 59.4 Å². The van der Waals surface area contributed by atoms with Crippen LogP contribution >= 0.6 is 11.3 Å². The minimum Gasteiger partial charge on any atom is -0.461 e. The number of nitrogens with one attached hydrogen (secondary N) is 1. The fourth-order valence-corrected chi connectivity index (χ4v) is 4.95. The zero-order chi connectivity index (χ0) is 17.3. The highest BCUT2D eigenvalue weighted by atomic mass is 32.1. The topological polar surface area (TPSA) is 56.5 Å². The molecule has 0 amide bonds. The van der Waals surface area contributed by atoms with Gasteiger partial charge in [0.2, 0.25) is 5.76 Å². The number of hydrogen-bond donors (Lipinski definition) is 1. The molecule has 4 heterocycles. The largest absolute Gasteiger partial charge is 0.461 e. The molecule has 0 saturated carbocycles. The van der Waals surface area contributed by atoms with Crippen molar-refractivity contribution in [2.75, 3.05) is 6.54 Å². The first kappa shape index (κ1) is 15.8. The van der Waals surface area contributed by atoms with Crippen LogP contribution in [-0.4, -0.2) is 16.7 Å². The van der Waals surface area contributed by atoms with Crippen LogP contribution in [0.4, 0.5) is 0 Å². The summed E-state index contributed by atoms with van der Waals surface area (Å²) in [6.45, 7) is 1.99. The molecule has 6 heteroatoms. The molecule has 1 unspecified atom stereocenters. The minimum absolute atomic E-state index is 0.435. The summed E-state index contributed by atoms with van der Waals surface area (Å²) in [4.78, 5) is 6.44. The molecule has 0 bridgehead atoms. The molecule has 1 aliphatic rings. The van der Waals surface area contributed by atoms with Gasteiger partial charge in [-0.1, -0.05) is 17.3 Å². The van der Waals surface area contributed by atoms with Gasteiger partial charge in [0, 0.05) is 12.5 Å². The average molecular weight is 366 g/mol. The quantitative estimate of drug-likeness (QED) is 0.596. The standard InChI is InChI=1S/C20H19N3O2S/c1-2-9-19-15(6-1)21-20(26-19)16-7-3-4-10-23(16)13-14-12-18(25-22-14)17-8-5-11-24-17/h1-2,5-6,8-9,11-12,16H,3-4,7,10,13H2/p+1/t16-/m0/s1. The molecule has 1 fully saturated rings. The first-order valence-corrected chi connectivity index (χ1v) is 9.88. The number of furan rings is 1. The molecule has 1 aliphatic heterocycles. The predicted octanol–water partition coefficient (Wildman–Crippen LogP) is 3.85. The second kappa shape index (κ2) is 6.70. The van der Waals surface area contributed by atoms with E-state index in [1.807, 2.05) is 29.5 Å². The molecular formula is C20H20N3O2S+. The Labute approximate surface area is 155 Å². The van der Waals surface area contributed by atoms with E-state index in [1.54, 1.807) is 6.26 Å².